The van der Waals surface area contributed by atoms with E-state index >= 15 is 0 Å². The van der Waals surface area contributed by atoms with Crippen LogP contribution in [0.15, 0.2) is 30.9 Å². The molecule has 0 unspecified atom stereocenters. The number of amides is 1. The van der Waals surface area contributed by atoms with Gasteiger partial charge >= 0.3 is 5.97 Å². The Bertz CT molecular complexity index is 556. The maximum Gasteiger partial charge on any atom is 0.326 e. The number of rotatable bonds is 10. The quantitative estimate of drug-likeness (QED) is 0.647. The topological polar surface area (TPSA) is 84.9 Å². The van der Waals surface area contributed by atoms with Crippen molar-refractivity contribution >= 4 is 11.9 Å². The molecule has 6 nitrogen and oxygen atoms in total. The lowest BCUT2D eigenvalue weighted by Crippen LogP contribution is -2.40. The fourth-order valence-electron chi connectivity index (χ4n) is 1.99. The van der Waals surface area contributed by atoms with E-state index in [0.29, 0.717) is 17.9 Å². The number of hydrogen-bond acceptors (Lipinski definition) is 4. The van der Waals surface area contributed by atoms with Gasteiger partial charge in [0.2, 0.25) is 0 Å². The molecule has 23 heavy (non-hydrogen) atoms. The zero-order valence-corrected chi connectivity index (χ0v) is 13.5. The Morgan fingerprint density at radius 3 is 2.74 bits per heavy atom. The zero-order chi connectivity index (χ0) is 17.2. The van der Waals surface area contributed by atoms with E-state index in [4.69, 9.17) is 9.47 Å². The molecule has 0 aliphatic rings. The molecule has 0 spiro atoms. The SMILES string of the molecule is C=CCOc1cc(OC)ccc1C(=O)N[C@@H](CCCC)C(=O)O. The fourth-order valence-corrected chi connectivity index (χ4v) is 1.99. The third kappa shape index (κ3) is 5.65. The molecule has 126 valence electrons. The highest BCUT2D eigenvalue weighted by molar-refractivity contribution is 5.99. The third-order valence-corrected chi connectivity index (χ3v) is 3.24. The van der Waals surface area contributed by atoms with Gasteiger partial charge in [0.1, 0.15) is 24.1 Å². The maximum absolute atomic E-state index is 12.4. The van der Waals surface area contributed by atoms with E-state index in [1.165, 1.54) is 7.11 Å². The molecule has 6 heteroatoms. The molecular weight excluding hydrogens is 298 g/mol. The summed E-state index contributed by atoms with van der Waals surface area (Å²) in [6.07, 6.45) is 3.52. The van der Waals surface area contributed by atoms with Crippen LogP contribution >= 0.6 is 0 Å². The number of carbonyl (C=O) groups is 2. The second-order valence-electron chi connectivity index (χ2n) is 4.97. The first-order chi connectivity index (χ1) is 11.0. The minimum absolute atomic E-state index is 0.228. The van der Waals surface area contributed by atoms with Gasteiger partial charge in [0.05, 0.1) is 12.7 Å². The van der Waals surface area contributed by atoms with Gasteiger partial charge < -0.3 is 19.9 Å². The van der Waals surface area contributed by atoms with E-state index in [9.17, 15) is 14.7 Å². The Morgan fingerprint density at radius 2 is 2.17 bits per heavy atom. The molecular formula is C17H23NO5. The van der Waals surface area contributed by atoms with E-state index in [-0.39, 0.29) is 12.2 Å². The van der Waals surface area contributed by atoms with Gasteiger partial charge in [-0.3, -0.25) is 4.79 Å². The van der Waals surface area contributed by atoms with Gasteiger partial charge in [-0.05, 0) is 18.6 Å². The highest BCUT2D eigenvalue weighted by Gasteiger charge is 2.22. The molecule has 0 aliphatic heterocycles. The molecule has 0 fully saturated rings. The van der Waals surface area contributed by atoms with Crippen LogP contribution in [0.2, 0.25) is 0 Å². The van der Waals surface area contributed by atoms with Crippen molar-refractivity contribution in [2.24, 2.45) is 0 Å². The first-order valence-corrected chi connectivity index (χ1v) is 7.48. The summed E-state index contributed by atoms with van der Waals surface area (Å²) in [4.78, 5) is 23.6. The molecule has 0 radical (unpaired) electrons. The van der Waals surface area contributed by atoms with Gasteiger partial charge in [0.25, 0.3) is 5.91 Å². The molecule has 1 aromatic carbocycles. The predicted octanol–water partition coefficient (Wildman–Crippen LogP) is 2.63. The minimum atomic E-state index is -1.05. The number of aliphatic carboxylic acids is 1. The van der Waals surface area contributed by atoms with Gasteiger partial charge in [-0.2, -0.15) is 0 Å². The predicted molar refractivity (Wildman–Crippen MR) is 87.1 cm³/mol. The Kier molecular flexibility index (Phi) is 7.66. The van der Waals surface area contributed by atoms with Crippen LogP contribution in [-0.4, -0.2) is 36.7 Å². The molecule has 1 rings (SSSR count). The van der Waals surface area contributed by atoms with Crippen LogP contribution in [0.25, 0.3) is 0 Å². The van der Waals surface area contributed by atoms with Crippen LogP contribution in [-0.2, 0) is 4.79 Å². The number of unbranched alkanes of at least 4 members (excludes halogenated alkanes) is 1. The van der Waals surface area contributed by atoms with Gasteiger partial charge in [-0.25, -0.2) is 4.79 Å². The molecule has 0 aliphatic carbocycles. The number of ether oxygens (including phenoxy) is 2. The Labute approximate surface area is 136 Å². The van der Waals surface area contributed by atoms with Crippen LogP contribution in [0.4, 0.5) is 0 Å². The first kappa shape index (κ1) is 18.5. The summed E-state index contributed by atoms with van der Waals surface area (Å²) in [5.74, 6) is -0.674. The number of carboxylic acids is 1. The van der Waals surface area contributed by atoms with Crippen LogP contribution in [0, 0.1) is 0 Å². The molecule has 2 N–H and O–H groups in total. The fraction of sp³-hybridized carbons (Fsp3) is 0.412. The summed E-state index contributed by atoms with van der Waals surface area (Å²) in [7, 11) is 1.51. The second-order valence-corrected chi connectivity index (χ2v) is 4.97. The lowest BCUT2D eigenvalue weighted by atomic mass is 10.1. The number of benzene rings is 1. The molecule has 0 saturated heterocycles. The molecule has 0 saturated carbocycles. The van der Waals surface area contributed by atoms with Gasteiger partial charge in [0, 0.05) is 6.07 Å². The molecule has 0 aromatic heterocycles. The van der Waals surface area contributed by atoms with Gasteiger partial charge in [0.15, 0.2) is 0 Å². The standard InChI is InChI=1S/C17H23NO5/c1-4-6-7-14(17(20)21)18-16(19)13-9-8-12(22-3)11-15(13)23-10-5-2/h5,8-9,11,14H,2,4,6-7,10H2,1,3H3,(H,18,19)(H,20,21)/t14-/m0/s1. The van der Waals surface area contributed by atoms with Crippen LogP contribution in [0.5, 0.6) is 11.5 Å². The normalized spacial score (nSPS) is 11.4. The van der Waals surface area contributed by atoms with Crippen molar-refractivity contribution in [2.75, 3.05) is 13.7 Å². The monoisotopic (exact) mass is 321 g/mol. The average Bonchev–Trinajstić information content (AvgIpc) is 2.55. The van der Waals surface area contributed by atoms with Crippen LogP contribution < -0.4 is 14.8 Å². The van der Waals surface area contributed by atoms with Crippen molar-refractivity contribution in [2.45, 2.75) is 32.2 Å². The Morgan fingerprint density at radius 1 is 1.43 bits per heavy atom. The van der Waals surface area contributed by atoms with Crippen LogP contribution in [0.1, 0.15) is 36.5 Å². The van der Waals surface area contributed by atoms with Crippen molar-refractivity contribution in [1.82, 2.24) is 5.32 Å². The summed E-state index contributed by atoms with van der Waals surface area (Å²) >= 11 is 0. The van der Waals surface area contributed by atoms with Crippen molar-refractivity contribution in [3.05, 3.63) is 36.4 Å². The van der Waals surface area contributed by atoms with Crippen molar-refractivity contribution < 1.29 is 24.2 Å². The van der Waals surface area contributed by atoms with E-state index in [0.717, 1.165) is 12.8 Å². The lowest BCUT2D eigenvalue weighted by molar-refractivity contribution is -0.139. The van der Waals surface area contributed by atoms with E-state index in [2.05, 4.69) is 11.9 Å². The van der Waals surface area contributed by atoms with Crippen molar-refractivity contribution in [1.29, 1.82) is 0 Å². The maximum atomic E-state index is 12.4. The summed E-state index contributed by atoms with van der Waals surface area (Å²) in [6, 6.07) is 3.83. The van der Waals surface area contributed by atoms with E-state index in [1.807, 2.05) is 6.92 Å². The second kappa shape index (κ2) is 9.50. The smallest absolute Gasteiger partial charge is 0.326 e. The summed E-state index contributed by atoms with van der Waals surface area (Å²) < 4.78 is 10.6. The van der Waals surface area contributed by atoms with E-state index < -0.39 is 17.9 Å². The highest BCUT2D eigenvalue weighted by Crippen LogP contribution is 2.25. The average molecular weight is 321 g/mol. The third-order valence-electron chi connectivity index (χ3n) is 3.24. The summed E-state index contributed by atoms with van der Waals surface area (Å²) in [5, 5.41) is 11.7. The number of methoxy groups -OCH3 is 1. The Hall–Kier alpha value is -2.50. The number of carbonyl (C=O) groups excluding carboxylic acids is 1. The Balaban J connectivity index is 2.95. The van der Waals surface area contributed by atoms with Gasteiger partial charge in [-0.15, -0.1) is 0 Å². The number of nitrogens with one attached hydrogen (secondary N) is 1. The molecule has 0 heterocycles. The molecule has 1 atom stereocenters. The van der Waals surface area contributed by atoms with Crippen LogP contribution in [0.3, 0.4) is 0 Å². The number of carboxylic acid groups (broad SMARTS) is 1. The zero-order valence-electron chi connectivity index (χ0n) is 13.5. The largest absolute Gasteiger partial charge is 0.497 e. The summed E-state index contributed by atoms with van der Waals surface area (Å²) in [5.41, 5.74) is 0.260. The molecule has 0 bridgehead atoms. The number of hydrogen-bond donors (Lipinski definition) is 2. The molecule has 1 aromatic rings. The molecule has 1 amide bonds. The van der Waals surface area contributed by atoms with Gasteiger partial charge in [-0.1, -0.05) is 32.4 Å². The van der Waals surface area contributed by atoms with Crippen molar-refractivity contribution in [3.8, 4) is 11.5 Å². The highest BCUT2D eigenvalue weighted by atomic mass is 16.5. The van der Waals surface area contributed by atoms with E-state index in [1.54, 1.807) is 24.3 Å². The lowest BCUT2D eigenvalue weighted by Gasteiger charge is -2.16. The summed E-state index contributed by atoms with van der Waals surface area (Å²) in [6.45, 7) is 5.76. The van der Waals surface area contributed by atoms with Crippen molar-refractivity contribution in [3.63, 3.8) is 0 Å². The minimum Gasteiger partial charge on any atom is -0.497 e. The first-order valence-electron chi connectivity index (χ1n) is 7.48.